The fraction of sp³-hybridized carbons (Fsp3) is 0.111. The van der Waals surface area contributed by atoms with Gasteiger partial charge in [0.2, 0.25) is 6.54 Å². The van der Waals surface area contributed by atoms with E-state index in [4.69, 9.17) is 0 Å². The molecule has 3 rings (SSSR count). The summed E-state index contributed by atoms with van der Waals surface area (Å²) < 4.78 is 0. The highest BCUT2D eigenvalue weighted by molar-refractivity contribution is 5.90. The lowest BCUT2D eigenvalue weighted by atomic mass is 9.87. The second kappa shape index (κ2) is 5.96. The molecule has 3 aromatic carbocycles. The molecule has 0 aliphatic carbocycles. The number of fused-ring (bicyclic) bond motifs is 1. The number of nitro groups is 1. The number of aromatic hydroxyl groups is 2. The summed E-state index contributed by atoms with van der Waals surface area (Å²) in [7, 11) is 0. The summed E-state index contributed by atoms with van der Waals surface area (Å²) in [6.45, 7) is -0.370. The van der Waals surface area contributed by atoms with Gasteiger partial charge in [0.15, 0.2) is 11.5 Å². The van der Waals surface area contributed by atoms with E-state index >= 15 is 0 Å². The van der Waals surface area contributed by atoms with Crippen molar-refractivity contribution in [2.45, 2.75) is 5.92 Å². The van der Waals surface area contributed by atoms with E-state index < -0.39 is 10.8 Å². The van der Waals surface area contributed by atoms with Gasteiger partial charge in [-0.25, -0.2) is 0 Å². The van der Waals surface area contributed by atoms with E-state index in [0.29, 0.717) is 10.9 Å². The van der Waals surface area contributed by atoms with Gasteiger partial charge in [0.1, 0.15) is 0 Å². The van der Waals surface area contributed by atoms with Crippen molar-refractivity contribution >= 4 is 10.8 Å². The van der Waals surface area contributed by atoms with E-state index in [1.807, 2.05) is 12.1 Å². The fourth-order valence-electron chi connectivity index (χ4n) is 2.90. The van der Waals surface area contributed by atoms with Crippen molar-refractivity contribution in [3.8, 4) is 11.5 Å². The van der Waals surface area contributed by atoms with Gasteiger partial charge in [-0.1, -0.05) is 54.6 Å². The van der Waals surface area contributed by atoms with Gasteiger partial charge in [-0.05, 0) is 22.4 Å². The number of benzene rings is 3. The molecule has 2 N–H and O–H groups in total. The van der Waals surface area contributed by atoms with Crippen molar-refractivity contribution in [2.24, 2.45) is 0 Å². The largest absolute Gasteiger partial charge is 0.504 e. The lowest BCUT2D eigenvalue weighted by Crippen LogP contribution is -2.14. The van der Waals surface area contributed by atoms with Crippen LogP contribution in [0.5, 0.6) is 11.5 Å². The summed E-state index contributed by atoms with van der Waals surface area (Å²) in [5.41, 5.74) is 1.10. The van der Waals surface area contributed by atoms with Crippen molar-refractivity contribution in [1.82, 2.24) is 0 Å². The number of hydrogen-bond acceptors (Lipinski definition) is 4. The first-order valence-electron chi connectivity index (χ1n) is 7.18. The van der Waals surface area contributed by atoms with Crippen LogP contribution in [0.15, 0.2) is 60.7 Å². The topological polar surface area (TPSA) is 83.6 Å². The van der Waals surface area contributed by atoms with E-state index in [9.17, 15) is 20.3 Å². The predicted octanol–water partition coefficient (Wildman–Crippen LogP) is 3.66. The molecule has 1 atom stereocenters. The Balaban J connectivity index is 2.29. The summed E-state index contributed by atoms with van der Waals surface area (Å²) in [5.74, 6) is -1.23. The molecule has 0 aliphatic rings. The lowest BCUT2D eigenvalue weighted by Gasteiger charge is -2.18. The van der Waals surface area contributed by atoms with Crippen LogP contribution in [0.4, 0.5) is 0 Å². The third-order valence-corrected chi connectivity index (χ3v) is 3.92. The Bertz CT molecular complexity index is 862. The molecule has 0 spiro atoms. The molecular weight excluding hydrogens is 294 g/mol. The van der Waals surface area contributed by atoms with Crippen LogP contribution in [0.3, 0.4) is 0 Å². The zero-order chi connectivity index (χ0) is 16.4. The van der Waals surface area contributed by atoms with Crippen LogP contribution < -0.4 is 0 Å². The Kier molecular flexibility index (Phi) is 3.85. The van der Waals surface area contributed by atoms with Crippen LogP contribution in [0.2, 0.25) is 0 Å². The number of hydrogen-bond donors (Lipinski definition) is 2. The molecule has 23 heavy (non-hydrogen) atoms. The number of phenols is 2. The van der Waals surface area contributed by atoms with Gasteiger partial charge in [0.05, 0.1) is 5.92 Å². The fourth-order valence-corrected chi connectivity index (χ4v) is 2.90. The van der Waals surface area contributed by atoms with Crippen molar-refractivity contribution in [1.29, 1.82) is 0 Å². The molecule has 0 saturated carbocycles. The smallest absolute Gasteiger partial charge is 0.214 e. The molecular formula is C18H15NO4. The van der Waals surface area contributed by atoms with E-state index in [0.717, 1.165) is 10.9 Å². The number of rotatable bonds is 4. The highest BCUT2D eigenvalue weighted by Crippen LogP contribution is 2.42. The van der Waals surface area contributed by atoms with Gasteiger partial charge in [-0.15, -0.1) is 0 Å². The van der Waals surface area contributed by atoms with E-state index in [2.05, 4.69) is 0 Å². The molecule has 0 radical (unpaired) electrons. The van der Waals surface area contributed by atoms with Gasteiger partial charge >= 0.3 is 0 Å². The highest BCUT2D eigenvalue weighted by Gasteiger charge is 2.26. The molecule has 3 aromatic rings. The second-order valence-corrected chi connectivity index (χ2v) is 5.36. The zero-order valence-corrected chi connectivity index (χ0v) is 12.2. The molecule has 0 amide bonds. The van der Waals surface area contributed by atoms with Gasteiger partial charge in [-0.3, -0.25) is 10.1 Å². The van der Waals surface area contributed by atoms with Crippen LogP contribution in [0.25, 0.3) is 10.8 Å². The van der Waals surface area contributed by atoms with E-state index in [-0.39, 0.29) is 18.0 Å². The van der Waals surface area contributed by atoms with Crippen LogP contribution in [-0.4, -0.2) is 21.7 Å². The molecule has 0 bridgehead atoms. The predicted molar refractivity (Wildman–Crippen MR) is 87.4 cm³/mol. The first-order valence-corrected chi connectivity index (χ1v) is 7.18. The summed E-state index contributed by atoms with van der Waals surface area (Å²) in [4.78, 5) is 10.7. The SMILES string of the molecule is O=[N+]([O-])CC(c1ccccc1)c1c(O)c(O)cc2ccccc12. The first-order chi connectivity index (χ1) is 11.1. The summed E-state index contributed by atoms with van der Waals surface area (Å²) in [5, 5.41) is 32.9. The molecule has 0 saturated heterocycles. The summed E-state index contributed by atoms with van der Waals surface area (Å²) >= 11 is 0. The quantitative estimate of drug-likeness (QED) is 0.437. The number of nitrogens with zero attached hydrogens (tertiary/aromatic N) is 1. The highest BCUT2D eigenvalue weighted by atomic mass is 16.6. The Morgan fingerprint density at radius 2 is 1.65 bits per heavy atom. The second-order valence-electron chi connectivity index (χ2n) is 5.36. The molecule has 116 valence electrons. The molecule has 0 fully saturated rings. The monoisotopic (exact) mass is 309 g/mol. The average molecular weight is 309 g/mol. The van der Waals surface area contributed by atoms with Gasteiger partial charge in [0, 0.05) is 10.5 Å². The van der Waals surface area contributed by atoms with Gasteiger partial charge in [0.25, 0.3) is 0 Å². The zero-order valence-electron chi connectivity index (χ0n) is 12.2. The minimum absolute atomic E-state index is 0.275. The Morgan fingerprint density at radius 1 is 1.00 bits per heavy atom. The minimum atomic E-state index is -0.650. The molecule has 5 nitrogen and oxygen atoms in total. The molecule has 0 aromatic heterocycles. The number of phenolic OH excluding ortho intramolecular Hbond substituents is 2. The van der Waals surface area contributed by atoms with Crippen LogP contribution in [-0.2, 0) is 0 Å². The Hall–Kier alpha value is -3.08. The lowest BCUT2D eigenvalue weighted by molar-refractivity contribution is -0.481. The standard InChI is InChI=1S/C18H15NO4/c20-16-10-13-8-4-5-9-14(13)17(18(16)21)15(11-19(22)23)12-6-2-1-3-7-12/h1-10,15,20-21H,11H2. The van der Waals surface area contributed by atoms with Gasteiger partial charge < -0.3 is 10.2 Å². The Morgan fingerprint density at radius 3 is 2.35 bits per heavy atom. The van der Waals surface area contributed by atoms with Crippen LogP contribution >= 0.6 is 0 Å². The third-order valence-electron chi connectivity index (χ3n) is 3.92. The third kappa shape index (κ3) is 2.81. The van der Waals surface area contributed by atoms with Crippen LogP contribution in [0, 0.1) is 10.1 Å². The van der Waals surface area contributed by atoms with E-state index in [1.54, 1.807) is 42.5 Å². The van der Waals surface area contributed by atoms with Crippen molar-refractivity contribution < 1.29 is 15.1 Å². The maximum absolute atomic E-state index is 11.2. The van der Waals surface area contributed by atoms with Gasteiger partial charge in [-0.2, -0.15) is 0 Å². The Labute approximate surface area is 132 Å². The molecule has 0 heterocycles. The normalized spacial score (nSPS) is 12.2. The molecule has 0 aliphatic heterocycles. The maximum Gasteiger partial charge on any atom is 0.214 e. The van der Waals surface area contributed by atoms with E-state index in [1.165, 1.54) is 6.07 Å². The van der Waals surface area contributed by atoms with Crippen LogP contribution in [0.1, 0.15) is 17.0 Å². The minimum Gasteiger partial charge on any atom is -0.504 e. The van der Waals surface area contributed by atoms with Crippen molar-refractivity contribution in [3.05, 3.63) is 81.9 Å². The first kappa shape index (κ1) is 14.8. The van der Waals surface area contributed by atoms with Crippen molar-refractivity contribution in [2.75, 3.05) is 6.54 Å². The summed E-state index contributed by atoms with van der Waals surface area (Å²) in [6, 6.07) is 17.7. The van der Waals surface area contributed by atoms with Crippen molar-refractivity contribution in [3.63, 3.8) is 0 Å². The molecule has 1 unspecified atom stereocenters. The average Bonchev–Trinajstić information content (AvgIpc) is 2.55. The molecule has 5 heteroatoms. The summed E-state index contributed by atoms with van der Waals surface area (Å²) in [6.07, 6.45) is 0. The maximum atomic E-state index is 11.2.